The number of rotatable bonds is 5. The highest BCUT2D eigenvalue weighted by atomic mass is 19.1. The molecule has 0 saturated heterocycles. The molecular formula is C33H36FNO5. The van der Waals surface area contributed by atoms with Gasteiger partial charge in [0, 0.05) is 28.9 Å². The number of ether oxygens (including phenoxy) is 2. The molecule has 6 nitrogen and oxygen atoms in total. The van der Waals surface area contributed by atoms with E-state index in [9.17, 15) is 14.7 Å². The van der Waals surface area contributed by atoms with Crippen molar-refractivity contribution in [2.24, 2.45) is 0 Å². The number of halogens is 1. The highest BCUT2D eigenvalue weighted by molar-refractivity contribution is 6.08. The van der Waals surface area contributed by atoms with Crippen LogP contribution in [0, 0.1) is 26.6 Å². The predicted octanol–water partition coefficient (Wildman–Crippen LogP) is 6.89. The Morgan fingerprint density at radius 3 is 2.40 bits per heavy atom. The van der Waals surface area contributed by atoms with E-state index in [0.717, 1.165) is 34.4 Å². The van der Waals surface area contributed by atoms with Crippen molar-refractivity contribution in [2.45, 2.75) is 72.5 Å². The monoisotopic (exact) mass is 545 g/mol. The van der Waals surface area contributed by atoms with Gasteiger partial charge in [-0.2, -0.15) is 0 Å². The lowest BCUT2D eigenvalue weighted by Gasteiger charge is -2.30. The van der Waals surface area contributed by atoms with Gasteiger partial charge in [0.05, 0.1) is 12.2 Å². The number of carbonyl (C=O) groups excluding carboxylic acids is 1. The summed E-state index contributed by atoms with van der Waals surface area (Å²) in [5.74, 6) is -1.44. The Balaban J connectivity index is 1.77. The molecule has 3 aromatic rings. The lowest BCUT2D eigenvalue weighted by atomic mass is 9.83. The fourth-order valence-corrected chi connectivity index (χ4v) is 5.91. The van der Waals surface area contributed by atoms with Crippen LogP contribution in [-0.4, -0.2) is 35.7 Å². The fourth-order valence-electron chi connectivity index (χ4n) is 5.91. The maximum atomic E-state index is 15.5. The average Bonchev–Trinajstić information content (AvgIpc) is 3.31. The van der Waals surface area contributed by atoms with Crippen LogP contribution in [0.1, 0.15) is 77.0 Å². The van der Waals surface area contributed by atoms with E-state index in [1.165, 1.54) is 6.07 Å². The van der Waals surface area contributed by atoms with Crippen LogP contribution in [0.15, 0.2) is 36.4 Å². The lowest BCUT2D eigenvalue weighted by Crippen LogP contribution is -2.29. The number of fused-ring (bicyclic) bond motifs is 2. The van der Waals surface area contributed by atoms with Crippen molar-refractivity contribution < 1.29 is 28.6 Å². The van der Waals surface area contributed by atoms with Gasteiger partial charge in [0.2, 0.25) is 0 Å². The topological polar surface area (TPSA) is 76.1 Å². The van der Waals surface area contributed by atoms with Gasteiger partial charge in [0.1, 0.15) is 0 Å². The second-order valence-electron chi connectivity index (χ2n) is 11.8. The first-order chi connectivity index (χ1) is 18.9. The van der Waals surface area contributed by atoms with Crippen LogP contribution in [-0.2, 0) is 22.4 Å². The number of hydrogen-bond acceptors (Lipinski definition) is 4. The van der Waals surface area contributed by atoms with Crippen LogP contribution < -0.4 is 9.64 Å². The molecule has 5 rings (SSSR count). The van der Waals surface area contributed by atoms with E-state index in [-0.39, 0.29) is 11.7 Å². The zero-order valence-corrected chi connectivity index (χ0v) is 24.0. The fraction of sp³-hybridized carbons (Fsp3) is 0.394. The predicted molar refractivity (Wildman–Crippen MR) is 153 cm³/mol. The van der Waals surface area contributed by atoms with Crippen molar-refractivity contribution in [3.63, 3.8) is 0 Å². The second-order valence-corrected chi connectivity index (χ2v) is 11.8. The minimum absolute atomic E-state index is 0.126. The number of hydrogen-bond donors (Lipinski definition) is 1. The Kier molecular flexibility index (Phi) is 7.21. The first-order valence-corrected chi connectivity index (χ1v) is 13.8. The number of aryl methyl sites for hydroxylation is 2. The number of carboxylic acids is 1. The quantitative estimate of drug-likeness (QED) is 0.378. The molecule has 0 aromatic heterocycles. The number of amides is 1. The first kappa shape index (κ1) is 27.8. The lowest BCUT2D eigenvalue weighted by molar-refractivity contribution is -0.160. The molecule has 3 aromatic carbocycles. The summed E-state index contributed by atoms with van der Waals surface area (Å²) in [7, 11) is 0. The molecule has 1 N–H and O–H groups in total. The molecule has 2 heterocycles. The summed E-state index contributed by atoms with van der Waals surface area (Å²) in [5.41, 5.74) is 6.50. The molecule has 0 bridgehead atoms. The van der Waals surface area contributed by atoms with E-state index in [0.29, 0.717) is 53.8 Å². The largest absolute Gasteiger partial charge is 0.490 e. The van der Waals surface area contributed by atoms with E-state index in [2.05, 4.69) is 0 Å². The number of aliphatic carboxylic acids is 1. The molecule has 1 atom stereocenters. The molecule has 40 heavy (non-hydrogen) atoms. The van der Waals surface area contributed by atoms with Gasteiger partial charge in [0.15, 0.2) is 17.7 Å². The van der Waals surface area contributed by atoms with Gasteiger partial charge < -0.3 is 19.5 Å². The number of anilines is 1. The van der Waals surface area contributed by atoms with Crippen molar-refractivity contribution >= 4 is 17.6 Å². The third kappa shape index (κ3) is 4.99. The molecule has 0 aliphatic carbocycles. The molecule has 2 aliphatic rings. The smallest absolute Gasteiger partial charge is 0.337 e. The summed E-state index contributed by atoms with van der Waals surface area (Å²) in [4.78, 5) is 28.1. The van der Waals surface area contributed by atoms with Gasteiger partial charge in [-0.15, -0.1) is 0 Å². The summed E-state index contributed by atoms with van der Waals surface area (Å²) in [5, 5.41) is 10.4. The highest BCUT2D eigenvalue weighted by Gasteiger charge is 2.37. The standard InChI is InChI=1S/C33H36FNO5/c1-18-9-11-21(12-10-18)31(36)35-14-13-23-26(35)16-19(2)27(30(32(37)38)40-33(4,5)6)28(23)24-17-25(34)29-22(20(24)3)8-7-15-39-29/h9-12,16-17,30H,7-8,13-15H2,1-6H3,(H,37,38). The molecule has 1 unspecified atom stereocenters. The minimum Gasteiger partial charge on any atom is -0.490 e. The molecule has 0 fully saturated rings. The summed E-state index contributed by atoms with van der Waals surface area (Å²) in [6.07, 6.45) is 0.677. The summed E-state index contributed by atoms with van der Waals surface area (Å²) in [6.45, 7) is 12.1. The molecule has 210 valence electrons. The second kappa shape index (κ2) is 10.4. The molecule has 1 amide bonds. The van der Waals surface area contributed by atoms with E-state index in [1.54, 1.807) is 4.90 Å². The molecule has 7 heteroatoms. The molecule has 2 aliphatic heterocycles. The van der Waals surface area contributed by atoms with Crippen molar-refractivity contribution in [2.75, 3.05) is 18.1 Å². The van der Waals surface area contributed by atoms with E-state index < -0.39 is 23.5 Å². The third-order valence-electron chi connectivity index (χ3n) is 7.74. The van der Waals surface area contributed by atoms with E-state index in [1.807, 2.05) is 71.9 Å². The minimum atomic E-state index is -1.28. The maximum Gasteiger partial charge on any atom is 0.337 e. The van der Waals surface area contributed by atoms with Crippen LogP contribution in [0.4, 0.5) is 10.1 Å². The van der Waals surface area contributed by atoms with Gasteiger partial charge >= 0.3 is 5.97 Å². The Labute approximate surface area is 234 Å². The van der Waals surface area contributed by atoms with Crippen molar-refractivity contribution in [3.05, 3.63) is 81.2 Å². The van der Waals surface area contributed by atoms with E-state index >= 15 is 4.39 Å². The van der Waals surface area contributed by atoms with Crippen LogP contribution in [0.5, 0.6) is 5.75 Å². The Morgan fingerprint density at radius 1 is 1.05 bits per heavy atom. The molecule has 0 spiro atoms. The highest BCUT2D eigenvalue weighted by Crippen LogP contribution is 2.47. The summed E-state index contributed by atoms with van der Waals surface area (Å²) in [6, 6.07) is 10.8. The van der Waals surface area contributed by atoms with E-state index in [4.69, 9.17) is 9.47 Å². The van der Waals surface area contributed by atoms with Gasteiger partial charge in [-0.05, 0) is 113 Å². The van der Waals surface area contributed by atoms with Crippen LogP contribution in [0.3, 0.4) is 0 Å². The Hall–Kier alpha value is -3.71. The summed E-state index contributed by atoms with van der Waals surface area (Å²) >= 11 is 0. The third-order valence-corrected chi connectivity index (χ3v) is 7.74. The average molecular weight is 546 g/mol. The maximum absolute atomic E-state index is 15.5. The SMILES string of the molecule is Cc1ccc(C(=O)N2CCc3c2cc(C)c(C(OC(C)(C)C)C(=O)O)c3-c2cc(F)c3c(c2C)CCCO3)cc1. The zero-order valence-electron chi connectivity index (χ0n) is 24.0. The molecule has 0 saturated carbocycles. The molecule has 0 radical (unpaired) electrons. The van der Waals surface area contributed by atoms with Gasteiger partial charge in [-0.25, -0.2) is 9.18 Å². The Morgan fingerprint density at radius 2 is 1.75 bits per heavy atom. The van der Waals surface area contributed by atoms with Crippen LogP contribution in [0.2, 0.25) is 0 Å². The normalized spacial score (nSPS) is 15.3. The van der Waals surface area contributed by atoms with Crippen molar-refractivity contribution in [3.8, 4) is 16.9 Å². The first-order valence-electron chi connectivity index (χ1n) is 13.8. The number of carboxylic acid groups (broad SMARTS) is 1. The molecular weight excluding hydrogens is 509 g/mol. The summed E-state index contributed by atoms with van der Waals surface area (Å²) < 4.78 is 27.3. The number of nitrogens with zero attached hydrogens (tertiary/aromatic N) is 1. The Bertz CT molecular complexity index is 1500. The van der Waals surface area contributed by atoms with Crippen LogP contribution >= 0.6 is 0 Å². The number of benzene rings is 3. The zero-order chi connectivity index (χ0) is 28.9. The van der Waals surface area contributed by atoms with Crippen molar-refractivity contribution in [1.82, 2.24) is 0 Å². The van der Waals surface area contributed by atoms with Gasteiger partial charge in [-0.1, -0.05) is 17.7 Å². The van der Waals surface area contributed by atoms with Crippen LogP contribution in [0.25, 0.3) is 11.1 Å². The van der Waals surface area contributed by atoms with Gasteiger partial charge in [0.25, 0.3) is 5.91 Å². The van der Waals surface area contributed by atoms with Gasteiger partial charge in [-0.3, -0.25) is 4.79 Å². The van der Waals surface area contributed by atoms with Crippen molar-refractivity contribution in [1.29, 1.82) is 0 Å². The number of carbonyl (C=O) groups is 2.